The molecule has 0 aliphatic heterocycles. The van der Waals surface area contributed by atoms with Gasteiger partial charge < -0.3 is 10.3 Å². The Balaban J connectivity index is 2.91. The Labute approximate surface area is 117 Å². The molecule has 0 aliphatic rings. The van der Waals surface area contributed by atoms with Crippen molar-refractivity contribution in [2.45, 2.75) is 50.6 Å². The number of amides is 1. The van der Waals surface area contributed by atoms with E-state index in [1.807, 2.05) is 11.5 Å². The van der Waals surface area contributed by atoms with Crippen LogP contribution in [0.4, 0.5) is 0 Å². The highest BCUT2D eigenvalue weighted by molar-refractivity contribution is 8.00. The van der Waals surface area contributed by atoms with E-state index in [0.29, 0.717) is 12.3 Å². The second kappa shape index (κ2) is 7.14. The van der Waals surface area contributed by atoms with Crippen LogP contribution in [0.3, 0.4) is 0 Å². The number of carbonyl (C=O) groups excluding carboxylic acids is 1. The van der Waals surface area contributed by atoms with Gasteiger partial charge >= 0.3 is 0 Å². The largest absolute Gasteiger partial charge is 0.370 e. The molecule has 7 heteroatoms. The molecule has 0 radical (unpaired) electrons. The number of rotatable bonds is 7. The smallest absolute Gasteiger partial charge is 0.217 e. The lowest BCUT2D eigenvalue weighted by atomic mass is 10.2. The quantitative estimate of drug-likeness (QED) is 0.761. The summed E-state index contributed by atoms with van der Waals surface area (Å²) in [7, 11) is 0. The molecule has 0 spiro atoms. The topological polar surface area (TPSA) is 97.6 Å². The molecule has 1 amide bonds. The van der Waals surface area contributed by atoms with Crippen LogP contribution in [0, 0.1) is 17.2 Å². The van der Waals surface area contributed by atoms with Crippen LogP contribution in [0.25, 0.3) is 0 Å². The van der Waals surface area contributed by atoms with Gasteiger partial charge in [-0.2, -0.15) is 5.26 Å². The van der Waals surface area contributed by atoms with Crippen LogP contribution in [0.5, 0.6) is 0 Å². The lowest BCUT2D eigenvalue weighted by Gasteiger charge is -2.12. The van der Waals surface area contributed by atoms with Crippen molar-refractivity contribution in [3.63, 3.8) is 0 Å². The summed E-state index contributed by atoms with van der Waals surface area (Å²) in [6.07, 6.45) is 0.741. The molecule has 0 fully saturated rings. The zero-order chi connectivity index (χ0) is 14.4. The van der Waals surface area contributed by atoms with Crippen molar-refractivity contribution < 1.29 is 4.79 Å². The third kappa shape index (κ3) is 4.91. The summed E-state index contributed by atoms with van der Waals surface area (Å²) in [4.78, 5) is 10.9. The molecule has 0 aromatic carbocycles. The fraction of sp³-hybridized carbons (Fsp3) is 0.667. The second-order valence-corrected chi connectivity index (χ2v) is 6.07. The third-order valence-electron chi connectivity index (χ3n) is 2.40. The monoisotopic (exact) mass is 281 g/mol. The molecule has 1 aromatic heterocycles. The van der Waals surface area contributed by atoms with Gasteiger partial charge in [0.25, 0.3) is 0 Å². The van der Waals surface area contributed by atoms with Gasteiger partial charge in [0.2, 0.25) is 5.91 Å². The first kappa shape index (κ1) is 15.5. The van der Waals surface area contributed by atoms with Crippen molar-refractivity contribution in [1.82, 2.24) is 14.8 Å². The van der Waals surface area contributed by atoms with Crippen LogP contribution >= 0.6 is 11.8 Å². The maximum absolute atomic E-state index is 10.9. The van der Waals surface area contributed by atoms with E-state index in [0.717, 1.165) is 17.5 Å². The SMILES string of the molecule is CC(C)Cn1c(CCC(N)=O)nnc1S[C@@H](C)C#N. The molecule has 19 heavy (non-hydrogen) atoms. The van der Waals surface area contributed by atoms with E-state index in [-0.39, 0.29) is 17.6 Å². The van der Waals surface area contributed by atoms with Gasteiger partial charge in [0.15, 0.2) is 5.16 Å². The van der Waals surface area contributed by atoms with E-state index in [4.69, 9.17) is 11.0 Å². The Morgan fingerprint density at radius 2 is 2.16 bits per heavy atom. The normalized spacial score (nSPS) is 12.4. The summed E-state index contributed by atoms with van der Waals surface area (Å²) in [6.45, 7) is 6.78. The first-order valence-electron chi connectivity index (χ1n) is 6.20. The van der Waals surface area contributed by atoms with E-state index in [1.54, 1.807) is 0 Å². The molecule has 0 saturated carbocycles. The molecular formula is C12H19N5OS. The molecule has 2 N–H and O–H groups in total. The number of hydrogen-bond acceptors (Lipinski definition) is 5. The van der Waals surface area contributed by atoms with Gasteiger partial charge in [0, 0.05) is 19.4 Å². The zero-order valence-electron chi connectivity index (χ0n) is 11.5. The van der Waals surface area contributed by atoms with E-state index in [9.17, 15) is 4.79 Å². The fourth-order valence-electron chi connectivity index (χ4n) is 1.56. The maximum Gasteiger partial charge on any atom is 0.217 e. The fourth-order valence-corrected chi connectivity index (χ4v) is 2.32. The third-order valence-corrected chi connectivity index (χ3v) is 3.37. The summed E-state index contributed by atoms with van der Waals surface area (Å²) in [5.74, 6) is 0.832. The van der Waals surface area contributed by atoms with E-state index in [1.165, 1.54) is 11.8 Å². The highest BCUT2D eigenvalue weighted by atomic mass is 32.2. The minimum absolute atomic E-state index is 0.181. The minimum Gasteiger partial charge on any atom is -0.370 e. The van der Waals surface area contributed by atoms with Crippen molar-refractivity contribution in [1.29, 1.82) is 5.26 Å². The van der Waals surface area contributed by atoms with Crippen LogP contribution in [0.15, 0.2) is 5.16 Å². The average molecular weight is 281 g/mol. The van der Waals surface area contributed by atoms with Crippen molar-refractivity contribution in [2.75, 3.05) is 0 Å². The van der Waals surface area contributed by atoms with Gasteiger partial charge in [0.1, 0.15) is 5.82 Å². The van der Waals surface area contributed by atoms with Gasteiger partial charge in [-0.15, -0.1) is 10.2 Å². The summed E-state index contributed by atoms with van der Waals surface area (Å²) < 4.78 is 1.98. The Kier molecular flexibility index (Phi) is 5.83. The van der Waals surface area contributed by atoms with Crippen LogP contribution in [-0.4, -0.2) is 25.9 Å². The number of primary amides is 1. The van der Waals surface area contributed by atoms with Gasteiger partial charge in [0.05, 0.1) is 11.3 Å². The van der Waals surface area contributed by atoms with E-state index < -0.39 is 0 Å². The standard InChI is InChI=1S/C12H19N5OS/c1-8(2)7-17-11(5-4-10(14)18)15-16-12(17)19-9(3)6-13/h8-9H,4-5,7H2,1-3H3,(H2,14,18)/t9-/m0/s1. The molecule has 1 atom stereocenters. The molecular weight excluding hydrogens is 262 g/mol. The van der Waals surface area contributed by atoms with Crippen LogP contribution < -0.4 is 5.73 Å². The van der Waals surface area contributed by atoms with Gasteiger partial charge in [-0.05, 0) is 12.8 Å². The molecule has 1 heterocycles. The highest BCUT2D eigenvalue weighted by Crippen LogP contribution is 2.23. The van der Waals surface area contributed by atoms with E-state index >= 15 is 0 Å². The predicted octanol–water partition coefficient (Wildman–Crippen LogP) is 1.36. The predicted molar refractivity (Wildman–Crippen MR) is 73.3 cm³/mol. The lowest BCUT2D eigenvalue weighted by Crippen LogP contribution is -2.15. The molecule has 1 rings (SSSR count). The number of nitrogens with two attached hydrogens (primary N) is 1. The molecule has 0 unspecified atom stereocenters. The number of aryl methyl sites for hydroxylation is 1. The Bertz CT molecular complexity index is 477. The average Bonchev–Trinajstić information content (AvgIpc) is 2.68. The Hall–Kier alpha value is -1.55. The van der Waals surface area contributed by atoms with Crippen molar-refractivity contribution >= 4 is 17.7 Å². The van der Waals surface area contributed by atoms with Gasteiger partial charge in [-0.3, -0.25) is 4.79 Å². The number of nitrogens with zero attached hydrogens (tertiary/aromatic N) is 4. The zero-order valence-corrected chi connectivity index (χ0v) is 12.3. The first-order valence-corrected chi connectivity index (χ1v) is 7.08. The number of aromatic nitrogens is 3. The minimum atomic E-state index is -0.348. The molecule has 6 nitrogen and oxygen atoms in total. The number of hydrogen-bond donors (Lipinski definition) is 1. The maximum atomic E-state index is 10.9. The first-order chi connectivity index (χ1) is 8.93. The van der Waals surface area contributed by atoms with Crippen molar-refractivity contribution in [2.24, 2.45) is 11.7 Å². The van der Waals surface area contributed by atoms with E-state index in [2.05, 4.69) is 30.1 Å². The second-order valence-electron chi connectivity index (χ2n) is 4.76. The van der Waals surface area contributed by atoms with Crippen molar-refractivity contribution in [3.8, 4) is 6.07 Å². The number of nitriles is 1. The molecule has 1 aromatic rings. The summed E-state index contributed by atoms with van der Waals surface area (Å²) >= 11 is 1.38. The van der Waals surface area contributed by atoms with Crippen LogP contribution in [-0.2, 0) is 17.8 Å². The highest BCUT2D eigenvalue weighted by Gasteiger charge is 2.16. The number of thioether (sulfide) groups is 1. The Morgan fingerprint density at radius 3 is 2.68 bits per heavy atom. The van der Waals surface area contributed by atoms with Crippen LogP contribution in [0.1, 0.15) is 33.0 Å². The summed E-state index contributed by atoms with van der Waals surface area (Å²) in [5, 5.41) is 17.6. The van der Waals surface area contributed by atoms with Gasteiger partial charge in [-0.25, -0.2) is 0 Å². The summed E-state index contributed by atoms with van der Waals surface area (Å²) in [5.41, 5.74) is 5.16. The molecule has 104 valence electrons. The summed E-state index contributed by atoms with van der Waals surface area (Å²) in [6, 6.07) is 2.16. The molecule has 0 saturated heterocycles. The van der Waals surface area contributed by atoms with Crippen LogP contribution in [0.2, 0.25) is 0 Å². The van der Waals surface area contributed by atoms with Gasteiger partial charge in [-0.1, -0.05) is 25.6 Å². The number of carbonyl (C=O) groups is 1. The van der Waals surface area contributed by atoms with Crippen molar-refractivity contribution in [3.05, 3.63) is 5.82 Å². The Morgan fingerprint density at radius 1 is 1.47 bits per heavy atom. The lowest BCUT2D eigenvalue weighted by molar-refractivity contribution is -0.118. The molecule has 0 aliphatic carbocycles. The molecule has 0 bridgehead atoms.